The van der Waals surface area contributed by atoms with E-state index in [9.17, 15) is 22.4 Å². The van der Waals surface area contributed by atoms with Crippen molar-refractivity contribution in [2.45, 2.75) is 44.3 Å². The Bertz CT molecular complexity index is 510. The van der Waals surface area contributed by atoms with Gasteiger partial charge in [-0.3, -0.25) is 0 Å². The van der Waals surface area contributed by atoms with Gasteiger partial charge in [-0.25, -0.2) is 9.18 Å². The fourth-order valence-corrected chi connectivity index (χ4v) is 2.39. The number of hydrogen-bond donors (Lipinski definition) is 2. The van der Waals surface area contributed by atoms with Gasteiger partial charge in [0.15, 0.2) is 0 Å². The molecule has 7 heteroatoms. The molecular formula is C14H16F4N2O. The van der Waals surface area contributed by atoms with Crippen molar-refractivity contribution in [2.24, 2.45) is 0 Å². The summed E-state index contributed by atoms with van der Waals surface area (Å²) in [7, 11) is 0. The van der Waals surface area contributed by atoms with Crippen LogP contribution in [0.25, 0.3) is 0 Å². The molecule has 0 unspecified atom stereocenters. The molecule has 0 bridgehead atoms. The molecule has 3 nitrogen and oxygen atoms in total. The van der Waals surface area contributed by atoms with Gasteiger partial charge in [0.1, 0.15) is 5.82 Å². The van der Waals surface area contributed by atoms with Crippen LogP contribution in [0.4, 0.5) is 28.0 Å². The van der Waals surface area contributed by atoms with Crippen LogP contribution in [0, 0.1) is 5.82 Å². The van der Waals surface area contributed by atoms with E-state index in [2.05, 4.69) is 10.6 Å². The Morgan fingerprint density at radius 1 is 1.14 bits per heavy atom. The Hall–Kier alpha value is -1.79. The minimum Gasteiger partial charge on any atom is -0.335 e. The van der Waals surface area contributed by atoms with Gasteiger partial charge in [-0.2, -0.15) is 13.2 Å². The fourth-order valence-electron chi connectivity index (χ4n) is 2.39. The van der Waals surface area contributed by atoms with Crippen molar-refractivity contribution in [3.8, 4) is 0 Å². The molecule has 1 aliphatic rings. The number of benzene rings is 1. The summed E-state index contributed by atoms with van der Waals surface area (Å²) in [6.45, 7) is 0. The molecule has 0 spiro atoms. The first-order valence-corrected chi connectivity index (χ1v) is 6.80. The molecule has 1 saturated carbocycles. The first-order chi connectivity index (χ1) is 9.86. The maximum absolute atomic E-state index is 13.5. The minimum absolute atomic E-state index is 0.00684. The molecule has 0 atom stereocenters. The second-order valence-electron chi connectivity index (χ2n) is 5.13. The molecule has 2 amide bonds. The van der Waals surface area contributed by atoms with E-state index < -0.39 is 29.3 Å². The van der Waals surface area contributed by atoms with Crippen molar-refractivity contribution in [1.82, 2.24) is 5.32 Å². The van der Waals surface area contributed by atoms with Crippen molar-refractivity contribution in [1.29, 1.82) is 0 Å². The third-order valence-corrected chi connectivity index (χ3v) is 3.48. The zero-order chi connectivity index (χ0) is 15.5. The number of amides is 2. The monoisotopic (exact) mass is 304 g/mol. The summed E-state index contributed by atoms with van der Waals surface area (Å²) in [5.74, 6) is -0.901. The molecule has 1 fully saturated rings. The number of carbonyl (C=O) groups excluding carboxylic acids is 1. The number of hydrogen-bond acceptors (Lipinski definition) is 1. The van der Waals surface area contributed by atoms with E-state index in [0.29, 0.717) is 18.2 Å². The lowest BCUT2D eigenvalue weighted by atomic mass is 9.96. The molecule has 1 aromatic carbocycles. The summed E-state index contributed by atoms with van der Waals surface area (Å²) in [6.07, 6.45) is 0.203. The molecule has 0 saturated heterocycles. The maximum atomic E-state index is 13.5. The fraction of sp³-hybridized carbons (Fsp3) is 0.500. The first kappa shape index (κ1) is 15.6. The van der Waals surface area contributed by atoms with Crippen molar-refractivity contribution in [2.75, 3.05) is 5.32 Å². The molecule has 0 aliphatic heterocycles. The van der Waals surface area contributed by atoms with Crippen LogP contribution in [0.2, 0.25) is 0 Å². The Labute approximate surface area is 119 Å². The second kappa shape index (κ2) is 6.32. The summed E-state index contributed by atoms with van der Waals surface area (Å²) in [6, 6.07) is 1.24. The van der Waals surface area contributed by atoms with Gasteiger partial charge in [-0.1, -0.05) is 19.3 Å². The lowest BCUT2D eigenvalue weighted by Gasteiger charge is -2.23. The van der Waals surface area contributed by atoms with Crippen molar-refractivity contribution in [3.05, 3.63) is 29.6 Å². The van der Waals surface area contributed by atoms with Crippen LogP contribution in [0.5, 0.6) is 0 Å². The summed E-state index contributed by atoms with van der Waals surface area (Å²) in [4.78, 5) is 11.7. The van der Waals surface area contributed by atoms with Gasteiger partial charge in [-0.15, -0.1) is 0 Å². The number of halogens is 4. The van der Waals surface area contributed by atoms with Crippen molar-refractivity contribution >= 4 is 11.7 Å². The van der Waals surface area contributed by atoms with Crippen LogP contribution in [0.3, 0.4) is 0 Å². The van der Waals surface area contributed by atoms with Crippen molar-refractivity contribution < 1.29 is 22.4 Å². The molecular weight excluding hydrogens is 288 g/mol. The predicted molar refractivity (Wildman–Crippen MR) is 70.4 cm³/mol. The number of rotatable bonds is 2. The highest BCUT2D eigenvalue weighted by molar-refractivity contribution is 5.89. The molecule has 0 aromatic heterocycles. The lowest BCUT2D eigenvalue weighted by Crippen LogP contribution is -2.39. The summed E-state index contributed by atoms with van der Waals surface area (Å²) >= 11 is 0. The van der Waals surface area contributed by atoms with Crippen LogP contribution in [-0.4, -0.2) is 12.1 Å². The Morgan fingerprint density at radius 3 is 2.43 bits per heavy atom. The van der Waals surface area contributed by atoms with E-state index in [-0.39, 0.29) is 6.04 Å². The number of nitrogens with one attached hydrogen (secondary N) is 2. The molecule has 2 rings (SSSR count). The summed E-state index contributed by atoms with van der Waals surface area (Å²) in [5.41, 5.74) is -1.48. The zero-order valence-corrected chi connectivity index (χ0v) is 11.3. The topological polar surface area (TPSA) is 41.1 Å². The van der Waals surface area contributed by atoms with E-state index >= 15 is 0 Å². The summed E-state index contributed by atoms with van der Waals surface area (Å²) in [5, 5.41) is 4.80. The SMILES string of the molecule is O=C(Nc1cc(C(F)(F)F)ccc1F)NC1CCCCC1. The molecule has 116 valence electrons. The zero-order valence-electron chi connectivity index (χ0n) is 11.3. The highest BCUT2D eigenvalue weighted by atomic mass is 19.4. The third kappa shape index (κ3) is 4.34. The highest BCUT2D eigenvalue weighted by Crippen LogP contribution is 2.31. The number of urea groups is 1. The average Bonchev–Trinajstić information content (AvgIpc) is 2.41. The van der Waals surface area contributed by atoms with Gasteiger partial charge >= 0.3 is 12.2 Å². The number of carbonyl (C=O) groups is 1. The van der Waals surface area contributed by atoms with Gasteiger partial charge in [0.2, 0.25) is 0 Å². The molecule has 1 aliphatic carbocycles. The third-order valence-electron chi connectivity index (χ3n) is 3.48. The van der Waals surface area contributed by atoms with E-state index in [1.54, 1.807) is 0 Å². The summed E-state index contributed by atoms with van der Waals surface area (Å²) < 4.78 is 51.2. The molecule has 21 heavy (non-hydrogen) atoms. The smallest absolute Gasteiger partial charge is 0.335 e. The number of alkyl halides is 3. The highest BCUT2D eigenvalue weighted by Gasteiger charge is 2.31. The molecule has 0 radical (unpaired) electrons. The lowest BCUT2D eigenvalue weighted by molar-refractivity contribution is -0.137. The van der Waals surface area contributed by atoms with Crippen LogP contribution in [0.15, 0.2) is 18.2 Å². The van der Waals surface area contributed by atoms with Gasteiger partial charge in [0.05, 0.1) is 11.3 Å². The molecule has 1 aromatic rings. The van der Waals surface area contributed by atoms with Gasteiger partial charge in [-0.05, 0) is 31.0 Å². The van der Waals surface area contributed by atoms with E-state index in [0.717, 1.165) is 32.1 Å². The van der Waals surface area contributed by atoms with Crippen molar-refractivity contribution in [3.63, 3.8) is 0 Å². The largest absolute Gasteiger partial charge is 0.416 e. The van der Waals surface area contributed by atoms with Gasteiger partial charge < -0.3 is 10.6 Å². The van der Waals surface area contributed by atoms with Gasteiger partial charge in [0.25, 0.3) is 0 Å². The predicted octanol–water partition coefficient (Wildman–Crippen LogP) is 4.30. The number of anilines is 1. The average molecular weight is 304 g/mol. The maximum Gasteiger partial charge on any atom is 0.416 e. The van der Waals surface area contributed by atoms with E-state index in [1.807, 2.05) is 0 Å². The first-order valence-electron chi connectivity index (χ1n) is 6.80. The van der Waals surface area contributed by atoms with E-state index in [1.165, 1.54) is 0 Å². The van der Waals surface area contributed by atoms with Crippen LogP contribution in [-0.2, 0) is 6.18 Å². The second-order valence-corrected chi connectivity index (χ2v) is 5.13. The Morgan fingerprint density at radius 2 is 1.81 bits per heavy atom. The molecule has 0 heterocycles. The minimum atomic E-state index is -4.58. The van der Waals surface area contributed by atoms with Crippen LogP contribution < -0.4 is 10.6 Å². The standard InChI is InChI=1S/C14H16F4N2O/c15-11-7-6-9(14(16,17)18)8-12(11)20-13(21)19-10-4-2-1-3-5-10/h6-8,10H,1-5H2,(H2,19,20,21). The Kier molecular flexibility index (Phi) is 4.69. The van der Waals surface area contributed by atoms with Crippen LogP contribution >= 0.6 is 0 Å². The Balaban J connectivity index is 2.02. The quantitative estimate of drug-likeness (QED) is 0.786. The van der Waals surface area contributed by atoms with E-state index in [4.69, 9.17) is 0 Å². The molecule has 2 N–H and O–H groups in total. The van der Waals surface area contributed by atoms with Crippen LogP contribution in [0.1, 0.15) is 37.7 Å². The van der Waals surface area contributed by atoms with Gasteiger partial charge in [0, 0.05) is 6.04 Å². The normalized spacial score (nSPS) is 16.6.